The Hall–Kier alpha value is -7.54. The number of hydrogen-bond donors (Lipinski definition) is 2. The number of para-hydroxylation sites is 5. The molecule has 8 heteroatoms. The van der Waals surface area contributed by atoms with Crippen LogP contribution < -0.4 is 41.1 Å². The fourth-order valence-electron chi connectivity index (χ4n) is 9.23. The zero-order valence-corrected chi connectivity index (χ0v) is 35.5. The van der Waals surface area contributed by atoms with Gasteiger partial charge in [0, 0.05) is 50.9 Å². The van der Waals surface area contributed by atoms with E-state index in [2.05, 4.69) is 156 Å². The van der Waals surface area contributed by atoms with Crippen LogP contribution in [0.2, 0.25) is 0 Å². The summed E-state index contributed by atoms with van der Waals surface area (Å²) in [6.45, 7) is 2.11. The number of benzene rings is 9. The van der Waals surface area contributed by atoms with Crippen molar-refractivity contribution in [1.29, 1.82) is 0 Å². The summed E-state index contributed by atoms with van der Waals surface area (Å²) in [5.74, 6) is 3.36. The number of ether oxygens (including phenoxy) is 2. The summed E-state index contributed by atoms with van der Waals surface area (Å²) < 4.78 is 14.2. The molecule has 0 saturated heterocycles. The molecular weight excluding hydrogens is 790 g/mol. The number of hydrogen-bond acceptors (Lipinski definition) is 6. The van der Waals surface area contributed by atoms with Crippen LogP contribution in [-0.2, 0) is 0 Å². The Bertz CT molecular complexity index is 2880. The highest BCUT2D eigenvalue weighted by Gasteiger charge is 2.33. The number of thiol groups is 1. The molecule has 9 aromatic carbocycles. The second-order valence-electron chi connectivity index (χ2n) is 16.0. The third-order valence-corrected chi connectivity index (χ3v) is 12.5. The van der Waals surface area contributed by atoms with Crippen molar-refractivity contribution in [3.63, 3.8) is 0 Å². The van der Waals surface area contributed by atoms with Crippen molar-refractivity contribution in [3.8, 4) is 51.0 Å². The van der Waals surface area contributed by atoms with Gasteiger partial charge in [0.25, 0.3) is 0 Å². The van der Waals surface area contributed by atoms with Crippen molar-refractivity contribution in [3.05, 3.63) is 206 Å². The lowest BCUT2D eigenvalue weighted by Gasteiger charge is -2.32. The van der Waals surface area contributed by atoms with Gasteiger partial charge in [0.1, 0.15) is 28.7 Å². The molecule has 0 radical (unpaired) electrons. The van der Waals surface area contributed by atoms with Crippen molar-refractivity contribution in [2.75, 3.05) is 9.80 Å². The Balaban J connectivity index is 1.06. The molecule has 0 fully saturated rings. The number of rotatable bonds is 8. The summed E-state index contributed by atoms with van der Waals surface area (Å²) >= 11 is 4.98. The number of phenols is 1. The molecule has 63 heavy (non-hydrogen) atoms. The van der Waals surface area contributed by atoms with E-state index in [0.29, 0.717) is 14.6 Å². The van der Waals surface area contributed by atoms with Gasteiger partial charge < -0.3 is 24.4 Å². The molecule has 0 aliphatic carbocycles. The fraction of sp³-hybridized carbons (Fsp3) is 0.0182. The van der Waals surface area contributed by atoms with Crippen molar-refractivity contribution in [2.24, 2.45) is 0 Å². The van der Waals surface area contributed by atoms with Gasteiger partial charge in [0.2, 0.25) is 14.6 Å². The molecular formula is C55H40B2N2O3S. The number of fused-ring (bicyclic) bond motifs is 4. The molecule has 300 valence electrons. The summed E-state index contributed by atoms with van der Waals surface area (Å²) in [5, 5.41) is 11.4. The lowest BCUT2D eigenvalue weighted by Crippen LogP contribution is -2.42. The van der Waals surface area contributed by atoms with Crippen LogP contribution in [0.15, 0.2) is 205 Å². The van der Waals surface area contributed by atoms with E-state index in [-0.39, 0.29) is 5.75 Å². The highest BCUT2D eigenvalue weighted by Crippen LogP contribution is 2.45. The largest absolute Gasteiger partial charge is 0.507 e. The van der Waals surface area contributed by atoms with Crippen LogP contribution in [0.25, 0.3) is 22.3 Å². The summed E-state index contributed by atoms with van der Waals surface area (Å²) in [5.41, 5.74) is 15.0. The van der Waals surface area contributed by atoms with Crippen LogP contribution in [-0.4, -0.2) is 19.7 Å². The van der Waals surface area contributed by atoms with Crippen LogP contribution in [0, 0.1) is 6.92 Å². The van der Waals surface area contributed by atoms with Crippen LogP contribution in [0.4, 0.5) is 34.1 Å². The van der Waals surface area contributed by atoms with E-state index in [9.17, 15) is 5.11 Å². The second-order valence-corrected chi connectivity index (χ2v) is 16.5. The van der Waals surface area contributed by atoms with Crippen LogP contribution in [0.1, 0.15) is 5.56 Å². The molecule has 2 heterocycles. The fourth-order valence-corrected chi connectivity index (χ4v) is 9.51. The second kappa shape index (κ2) is 16.1. The lowest BCUT2D eigenvalue weighted by molar-refractivity contribution is 0.459. The minimum atomic E-state index is 0.217. The first-order valence-corrected chi connectivity index (χ1v) is 21.7. The van der Waals surface area contributed by atoms with E-state index in [1.807, 2.05) is 54.6 Å². The molecule has 0 saturated carbocycles. The number of nitrogens with zero attached hydrogens (tertiary/aromatic N) is 2. The van der Waals surface area contributed by atoms with E-state index in [1.165, 1.54) is 0 Å². The van der Waals surface area contributed by atoms with Gasteiger partial charge in [-0.3, -0.25) is 0 Å². The molecule has 2 aliphatic heterocycles. The average Bonchev–Trinajstić information content (AvgIpc) is 3.32. The van der Waals surface area contributed by atoms with E-state index >= 15 is 0 Å². The smallest absolute Gasteiger partial charge is 0.202 e. The van der Waals surface area contributed by atoms with Gasteiger partial charge in [0.15, 0.2) is 0 Å². The van der Waals surface area contributed by atoms with Crippen molar-refractivity contribution >= 4 is 83.2 Å². The lowest BCUT2D eigenvalue weighted by atomic mass is 9.54. The Labute approximate surface area is 374 Å². The molecule has 0 atom stereocenters. The molecule has 0 unspecified atom stereocenters. The normalized spacial score (nSPS) is 11.9. The molecule has 9 aromatic rings. The topological polar surface area (TPSA) is 45.2 Å². The summed E-state index contributed by atoms with van der Waals surface area (Å²) in [4.78, 5) is 5.40. The van der Waals surface area contributed by atoms with Gasteiger partial charge in [-0.1, -0.05) is 115 Å². The standard InChI is InChI=1S/C55H40B2N2O3S/c1-35-54-46(56-52-44(42-26-14-16-28-48(42)60)30-40(32-49(52)61-54)58(36-18-6-2-7-19-36)37-20-8-3-9-21-37)34-47-55(35)62-50-33-41(31-45(53(50)57-47)43-27-15-17-29-51(43)63)59(38-22-10-4-11-23-38)39-24-12-5-13-25-39/h2-34,56-57,60,63H,1H3. The zero-order valence-electron chi connectivity index (χ0n) is 34.6. The Kier molecular flexibility index (Phi) is 9.78. The maximum atomic E-state index is 11.4. The van der Waals surface area contributed by atoms with Crippen molar-refractivity contribution in [1.82, 2.24) is 0 Å². The van der Waals surface area contributed by atoms with Crippen LogP contribution in [0.3, 0.4) is 0 Å². The third-order valence-electron chi connectivity index (χ3n) is 12.1. The maximum Gasteiger partial charge on any atom is 0.202 e. The van der Waals surface area contributed by atoms with Gasteiger partial charge in [-0.05, 0) is 118 Å². The Morgan fingerprint density at radius 3 is 1.22 bits per heavy atom. The first kappa shape index (κ1) is 38.4. The van der Waals surface area contributed by atoms with Gasteiger partial charge in [-0.2, -0.15) is 0 Å². The molecule has 2 aliphatic rings. The summed E-state index contributed by atoms with van der Waals surface area (Å²) in [6, 6.07) is 68.5. The van der Waals surface area contributed by atoms with Crippen molar-refractivity contribution < 1.29 is 14.6 Å². The number of anilines is 6. The van der Waals surface area contributed by atoms with E-state index < -0.39 is 0 Å². The molecule has 0 amide bonds. The SMILES string of the molecule is Cc1c2c(cc3c1Oc1cc(N(c4ccccc4)c4ccccc4)cc(-c4ccccc4S)c1B3)Bc1c(cc(N(c3ccccc3)c3ccccc3)cc1-c1ccccc1O)O2. The molecule has 0 aromatic heterocycles. The molecule has 0 bridgehead atoms. The highest BCUT2D eigenvalue weighted by molar-refractivity contribution is 7.80. The van der Waals surface area contributed by atoms with E-state index in [1.54, 1.807) is 6.07 Å². The first-order chi connectivity index (χ1) is 31.0. The monoisotopic (exact) mass is 830 g/mol. The van der Waals surface area contributed by atoms with Gasteiger partial charge in [-0.25, -0.2) is 0 Å². The molecule has 1 N–H and O–H groups in total. The number of phenolic OH excluding ortho intramolecular Hbond substituents is 1. The molecule has 11 rings (SSSR count). The summed E-state index contributed by atoms with van der Waals surface area (Å²) in [6.07, 6.45) is 0. The van der Waals surface area contributed by atoms with Gasteiger partial charge >= 0.3 is 0 Å². The third kappa shape index (κ3) is 6.99. The maximum absolute atomic E-state index is 11.4. The highest BCUT2D eigenvalue weighted by atomic mass is 32.1. The van der Waals surface area contributed by atoms with E-state index in [0.717, 1.165) is 112 Å². The zero-order chi connectivity index (χ0) is 42.4. The Morgan fingerprint density at radius 1 is 0.413 bits per heavy atom. The molecule has 5 nitrogen and oxygen atoms in total. The minimum Gasteiger partial charge on any atom is -0.507 e. The molecule has 0 spiro atoms. The Morgan fingerprint density at radius 2 is 0.794 bits per heavy atom. The average molecular weight is 831 g/mol. The predicted octanol–water partition coefficient (Wildman–Crippen LogP) is 11.2. The number of aromatic hydroxyl groups is 1. The van der Waals surface area contributed by atoms with Crippen molar-refractivity contribution in [2.45, 2.75) is 11.8 Å². The summed E-state index contributed by atoms with van der Waals surface area (Å²) in [7, 11) is 1.27. The van der Waals surface area contributed by atoms with Gasteiger partial charge in [-0.15, -0.1) is 12.6 Å². The van der Waals surface area contributed by atoms with E-state index in [4.69, 9.17) is 22.1 Å². The quantitative estimate of drug-likeness (QED) is 0.118. The first-order valence-electron chi connectivity index (χ1n) is 21.2. The van der Waals surface area contributed by atoms with Crippen LogP contribution in [0.5, 0.6) is 28.7 Å². The van der Waals surface area contributed by atoms with Gasteiger partial charge in [0.05, 0.1) is 11.4 Å². The minimum absolute atomic E-state index is 0.217. The predicted molar refractivity (Wildman–Crippen MR) is 266 cm³/mol. The van der Waals surface area contributed by atoms with Crippen LogP contribution >= 0.6 is 12.6 Å².